The Morgan fingerprint density at radius 3 is 3.18 bits per heavy atom. The zero-order chi connectivity index (χ0) is 12.3. The fraction of sp³-hybridized carbons (Fsp3) is 0.545. The first-order chi connectivity index (χ1) is 8.20. The summed E-state index contributed by atoms with van der Waals surface area (Å²) in [6.45, 7) is 1.50. The van der Waals surface area contributed by atoms with Gasteiger partial charge in [0.1, 0.15) is 5.82 Å². The third-order valence-corrected chi connectivity index (χ3v) is 3.07. The van der Waals surface area contributed by atoms with Gasteiger partial charge < -0.3 is 9.64 Å². The Labute approximate surface area is 105 Å². The van der Waals surface area contributed by atoms with Crippen LogP contribution in [0.2, 0.25) is 5.28 Å². The third-order valence-electron chi connectivity index (χ3n) is 2.89. The number of carbonyl (C=O) groups is 1. The van der Waals surface area contributed by atoms with Crippen LogP contribution < -0.4 is 4.90 Å². The Bertz CT molecular complexity index is 413. The highest BCUT2D eigenvalue weighted by Gasteiger charge is 2.27. The number of aromatic nitrogens is 2. The van der Waals surface area contributed by atoms with Crippen LogP contribution in [0, 0.1) is 5.92 Å². The number of rotatable bonds is 2. The van der Waals surface area contributed by atoms with Gasteiger partial charge in [-0.2, -0.15) is 0 Å². The number of piperidine rings is 1. The first kappa shape index (κ1) is 12.1. The van der Waals surface area contributed by atoms with Gasteiger partial charge in [-0.25, -0.2) is 9.97 Å². The van der Waals surface area contributed by atoms with Gasteiger partial charge in [0, 0.05) is 19.3 Å². The molecule has 1 unspecified atom stereocenters. The average Bonchev–Trinajstić information content (AvgIpc) is 2.38. The van der Waals surface area contributed by atoms with E-state index in [4.69, 9.17) is 16.3 Å². The van der Waals surface area contributed by atoms with Gasteiger partial charge in [-0.1, -0.05) is 0 Å². The monoisotopic (exact) mass is 255 g/mol. The number of methoxy groups -OCH3 is 1. The number of ether oxygens (including phenoxy) is 1. The largest absolute Gasteiger partial charge is 0.469 e. The quantitative estimate of drug-likeness (QED) is 0.592. The average molecular weight is 256 g/mol. The van der Waals surface area contributed by atoms with Gasteiger partial charge in [0.2, 0.25) is 5.28 Å². The maximum absolute atomic E-state index is 11.5. The van der Waals surface area contributed by atoms with E-state index in [1.54, 1.807) is 12.3 Å². The third kappa shape index (κ3) is 2.85. The second-order valence-electron chi connectivity index (χ2n) is 3.99. The van der Waals surface area contributed by atoms with Crippen molar-refractivity contribution in [2.45, 2.75) is 12.8 Å². The predicted molar refractivity (Wildman–Crippen MR) is 64.0 cm³/mol. The van der Waals surface area contributed by atoms with E-state index in [1.807, 2.05) is 4.90 Å². The van der Waals surface area contributed by atoms with E-state index in [9.17, 15) is 4.79 Å². The van der Waals surface area contributed by atoms with Crippen LogP contribution in [0.5, 0.6) is 0 Å². The first-order valence-electron chi connectivity index (χ1n) is 5.52. The number of nitrogens with zero attached hydrogens (tertiary/aromatic N) is 3. The lowest BCUT2D eigenvalue weighted by Crippen LogP contribution is -2.39. The van der Waals surface area contributed by atoms with Crippen LogP contribution in [-0.2, 0) is 9.53 Å². The molecule has 0 aliphatic carbocycles. The van der Waals surface area contributed by atoms with Crippen LogP contribution >= 0.6 is 11.6 Å². The highest BCUT2D eigenvalue weighted by Crippen LogP contribution is 2.22. The van der Waals surface area contributed by atoms with E-state index >= 15 is 0 Å². The summed E-state index contributed by atoms with van der Waals surface area (Å²) in [5.74, 6) is 0.524. The van der Waals surface area contributed by atoms with Crippen molar-refractivity contribution < 1.29 is 9.53 Å². The summed E-state index contributed by atoms with van der Waals surface area (Å²) in [5.41, 5.74) is 0. The fourth-order valence-corrected chi connectivity index (χ4v) is 2.19. The van der Waals surface area contributed by atoms with Crippen molar-refractivity contribution in [2.24, 2.45) is 5.92 Å². The number of hydrogen-bond acceptors (Lipinski definition) is 5. The van der Waals surface area contributed by atoms with E-state index in [0.717, 1.165) is 25.2 Å². The molecule has 0 amide bonds. The molecule has 1 aromatic rings. The summed E-state index contributed by atoms with van der Waals surface area (Å²) in [6, 6.07) is 1.80. The van der Waals surface area contributed by atoms with Crippen molar-refractivity contribution >= 4 is 23.4 Å². The Kier molecular flexibility index (Phi) is 3.78. The molecule has 92 valence electrons. The summed E-state index contributed by atoms with van der Waals surface area (Å²) in [6.07, 6.45) is 3.43. The van der Waals surface area contributed by atoms with Crippen LogP contribution in [-0.4, -0.2) is 36.1 Å². The minimum Gasteiger partial charge on any atom is -0.469 e. The SMILES string of the molecule is COC(=O)C1CCCN(c2ccnc(Cl)n2)C1. The van der Waals surface area contributed by atoms with Crippen molar-refractivity contribution in [3.8, 4) is 0 Å². The molecule has 2 rings (SSSR count). The zero-order valence-corrected chi connectivity index (χ0v) is 10.4. The van der Waals surface area contributed by atoms with Crippen LogP contribution in [0.3, 0.4) is 0 Å². The first-order valence-corrected chi connectivity index (χ1v) is 5.90. The molecule has 0 saturated carbocycles. The summed E-state index contributed by atoms with van der Waals surface area (Å²) in [5, 5.41) is 0.225. The fourth-order valence-electron chi connectivity index (χ4n) is 2.05. The van der Waals surface area contributed by atoms with Crippen molar-refractivity contribution in [3.63, 3.8) is 0 Å². The molecule has 0 bridgehead atoms. The molecule has 1 atom stereocenters. The zero-order valence-electron chi connectivity index (χ0n) is 9.60. The molecule has 6 heteroatoms. The molecule has 2 heterocycles. The molecule has 5 nitrogen and oxygen atoms in total. The summed E-state index contributed by atoms with van der Waals surface area (Å²) in [4.78, 5) is 21.5. The molecular weight excluding hydrogens is 242 g/mol. The van der Waals surface area contributed by atoms with Crippen LogP contribution in [0.4, 0.5) is 5.82 Å². The van der Waals surface area contributed by atoms with Gasteiger partial charge in [-0.15, -0.1) is 0 Å². The Morgan fingerprint density at radius 2 is 2.47 bits per heavy atom. The van der Waals surface area contributed by atoms with Crippen molar-refractivity contribution in [2.75, 3.05) is 25.1 Å². The number of esters is 1. The van der Waals surface area contributed by atoms with Gasteiger partial charge in [-0.3, -0.25) is 4.79 Å². The van der Waals surface area contributed by atoms with Crippen molar-refractivity contribution in [3.05, 3.63) is 17.5 Å². The topological polar surface area (TPSA) is 55.3 Å². The second kappa shape index (κ2) is 5.31. The lowest BCUT2D eigenvalue weighted by molar-refractivity contribution is -0.145. The van der Waals surface area contributed by atoms with Gasteiger partial charge in [0.25, 0.3) is 0 Å². The van der Waals surface area contributed by atoms with Gasteiger partial charge in [0.15, 0.2) is 0 Å². The number of anilines is 1. The number of carbonyl (C=O) groups excluding carboxylic acids is 1. The lowest BCUT2D eigenvalue weighted by Gasteiger charge is -2.32. The smallest absolute Gasteiger partial charge is 0.310 e. The van der Waals surface area contributed by atoms with Crippen molar-refractivity contribution in [1.29, 1.82) is 0 Å². The van der Waals surface area contributed by atoms with Crippen LogP contribution in [0.1, 0.15) is 12.8 Å². The van der Waals surface area contributed by atoms with Crippen molar-refractivity contribution in [1.82, 2.24) is 9.97 Å². The predicted octanol–water partition coefficient (Wildman–Crippen LogP) is 1.52. The molecule has 1 aromatic heterocycles. The number of halogens is 1. The standard InChI is InChI=1S/C11H14ClN3O2/c1-17-10(16)8-3-2-6-15(7-8)9-4-5-13-11(12)14-9/h4-5,8H,2-3,6-7H2,1H3. The second-order valence-corrected chi connectivity index (χ2v) is 4.33. The van der Waals surface area contributed by atoms with Gasteiger partial charge >= 0.3 is 5.97 Å². The molecule has 1 aliphatic heterocycles. The maximum Gasteiger partial charge on any atom is 0.310 e. The Hall–Kier alpha value is -1.36. The maximum atomic E-state index is 11.5. The van der Waals surface area contributed by atoms with E-state index in [1.165, 1.54) is 7.11 Å². The highest BCUT2D eigenvalue weighted by atomic mass is 35.5. The Balaban J connectivity index is 2.09. The summed E-state index contributed by atoms with van der Waals surface area (Å²) >= 11 is 5.75. The van der Waals surface area contributed by atoms with E-state index in [0.29, 0.717) is 6.54 Å². The Morgan fingerprint density at radius 1 is 1.65 bits per heavy atom. The van der Waals surface area contributed by atoms with E-state index < -0.39 is 0 Å². The van der Waals surface area contributed by atoms with Crippen LogP contribution in [0.15, 0.2) is 12.3 Å². The summed E-state index contributed by atoms with van der Waals surface area (Å²) in [7, 11) is 1.42. The molecule has 0 radical (unpaired) electrons. The minimum atomic E-state index is -0.158. The van der Waals surface area contributed by atoms with E-state index in [2.05, 4.69) is 9.97 Å². The minimum absolute atomic E-state index is 0.0810. The molecule has 1 fully saturated rings. The molecular formula is C11H14ClN3O2. The van der Waals surface area contributed by atoms with Gasteiger partial charge in [-0.05, 0) is 30.5 Å². The molecule has 17 heavy (non-hydrogen) atoms. The molecule has 1 saturated heterocycles. The molecule has 1 aliphatic rings. The molecule has 0 aromatic carbocycles. The molecule has 0 N–H and O–H groups in total. The highest BCUT2D eigenvalue weighted by molar-refractivity contribution is 6.28. The van der Waals surface area contributed by atoms with Gasteiger partial charge in [0.05, 0.1) is 13.0 Å². The summed E-state index contributed by atoms with van der Waals surface area (Å²) < 4.78 is 4.77. The molecule has 0 spiro atoms. The number of hydrogen-bond donors (Lipinski definition) is 0. The lowest BCUT2D eigenvalue weighted by atomic mass is 9.98. The van der Waals surface area contributed by atoms with Crippen LogP contribution in [0.25, 0.3) is 0 Å². The normalized spacial score (nSPS) is 20.1. The van der Waals surface area contributed by atoms with E-state index in [-0.39, 0.29) is 17.2 Å².